The number of rotatable bonds is 5. The minimum Gasteiger partial charge on any atom is -0.463 e. The van der Waals surface area contributed by atoms with Crippen molar-refractivity contribution in [3.05, 3.63) is 11.6 Å². The number of carbonyl (C=O) groups is 1. The molecule has 1 aliphatic carbocycles. The van der Waals surface area contributed by atoms with Crippen molar-refractivity contribution >= 4 is 14.3 Å². The fraction of sp³-hybridized carbons (Fsp3) is 0.833. The third kappa shape index (κ3) is 5.54. The predicted molar refractivity (Wildman–Crippen MR) is 94.4 cm³/mol. The molecule has 22 heavy (non-hydrogen) atoms. The molecule has 0 unspecified atom stereocenters. The van der Waals surface area contributed by atoms with E-state index in [1.165, 1.54) is 0 Å². The molecule has 0 aromatic carbocycles. The highest BCUT2D eigenvalue weighted by molar-refractivity contribution is 6.74. The molecule has 1 rings (SSSR count). The molecule has 0 aliphatic heterocycles. The number of allylic oxidation sites excluding steroid dienone is 1. The summed E-state index contributed by atoms with van der Waals surface area (Å²) in [6.07, 6.45) is 6.91. The summed E-state index contributed by atoms with van der Waals surface area (Å²) in [6.45, 7) is 15.7. The van der Waals surface area contributed by atoms with Crippen LogP contribution in [0.1, 0.15) is 60.3 Å². The minimum absolute atomic E-state index is 0.179. The van der Waals surface area contributed by atoms with Crippen molar-refractivity contribution in [2.75, 3.05) is 6.61 Å². The highest BCUT2D eigenvalue weighted by Crippen LogP contribution is 2.39. The maximum absolute atomic E-state index is 11.7. The highest BCUT2D eigenvalue weighted by atomic mass is 28.4. The fourth-order valence-electron chi connectivity index (χ4n) is 2.63. The van der Waals surface area contributed by atoms with Crippen LogP contribution < -0.4 is 0 Å². The van der Waals surface area contributed by atoms with E-state index in [0.717, 1.165) is 31.3 Å². The van der Waals surface area contributed by atoms with Crippen LogP contribution in [0.5, 0.6) is 0 Å². The lowest BCUT2D eigenvalue weighted by atomic mass is 9.86. The zero-order chi connectivity index (χ0) is 17.0. The second-order valence-corrected chi connectivity index (χ2v) is 12.7. The second kappa shape index (κ2) is 7.78. The largest absolute Gasteiger partial charge is 0.463 e. The number of hydrogen-bond donors (Lipinski definition) is 0. The zero-order valence-corrected chi connectivity index (χ0v) is 16.5. The van der Waals surface area contributed by atoms with Gasteiger partial charge in [0.1, 0.15) is 0 Å². The molecule has 0 amide bonds. The van der Waals surface area contributed by atoms with Gasteiger partial charge >= 0.3 is 5.97 Å². The van der Waals surface area contributed by atoms with Crippen LogP contribution in [-0.2, 0) is 14.0 Å². The van der Waals surface area contributed by atoms with Crippen LogP contribution in [0.3, 0.4) is 0 Å². The highest BCUT2D eigenvalue weighted by Gasteiger charge is 2.39. The zero-order valence-electron chi connectivity index (χ0n) is 15.5. The van der Waals surface area contributed by atoms with E-state index in [1.54, 1.807) is 0 Å². The molecule has 0 aromatic heterocycles. The fourth-order valence-corrected chi connectivity index (χ4v) is 4.06. The SMILES string of the molecule is CCOC(=O)/C(C)=C/C1CCC(O[Si](C)(C)C(C)(C)C)CC1. The van der Waals surface area contributed by atoms with E-state index < -0.39 is 8.32 Å². The molecule has 0 atom stereocenters. The standard InChI is InChI=1S/C18H34O3Si/c1-8-20-17(19)14(2)13-15-9-11-16(12-10-15)21-22(6,7)18(3,4)5/h13,15-16H,8-12H2,1-7H3/b14-13+. The van der Waals surface area contributed by atoms with Gasteiger partial charge in [-0.1, -0.05) is 26.8 Å². The normalized spacial score (nSPS) is 24.2. The van der Waals surface area contributed by atoms with Gasteiger partial charge in [0.2, 0.25) is 0 Å². The van der Waals surface area contributed by atoms with Crippen LogP contribution in [0.2, 0.25) is 18.1 Å². The van der Waals surface area contributed by atoms with Crippen molar-refractivity contribution in [2.45, 2.75) is 84.5 Å². The first kappa shape index (κ1) is 19.4. The van der Waals surface area contributed by atoms with Gasteiger partial charge in [-0.15, -0.1) is 0 Å². The molecular formula is C18H34O3Si. The number of carbonyl (C=O) groups excluding carboxylic acids is 1. The molecule has 3 nitrogen and oxygen atoms in total. The van der Waals surface area contributed by atoms with Gasteiger partial charge in [-0.3, -0.25) is 0 Å². The summed E-state index contributed by atoms with van der Waals surface area (Å²) in [5, 5.41) is 0.268. The van der Waals surface area contributed by atoms with Gasteiger partial charge in [0, 0.05) is 11.7 Å². The van der Waals surface area contributed by atoms with Crippen LogP contribution in [0.4, 0.5) is 0 Å². The summed E-state index contributed by atoms with van der Waals surface area (Å²) >= 11 is 0. The Morgan fingerprint density at radius 3 is 2.18 bits per heavy atom. The maximum Gasteiger partial charge on any atom is 0.333 e. The number of ether oxygens (including phenoxy) is 1. The molecule has 0 saturated heterocycles. The van der Waals surface area contributed by atoms with Gasteiger partial charge < -0.3 is 9.16 Å². The molecule has 4 heteroatoms. The van der Waals surface area contributed by atoms with Crippen molar-refractivity contribution in [1.82, 2.24) is 0 Å². The molecule has 128 valence electrons. The lowest BCUT2D eigenvalue weighted by Gasteiger charge is -2.41. The molecule has 0 heterocycles. The maximum atomic E-state index is 11.7. The Labute approximate surface area is 137 Å². The van der Waals surface area contributed by atoms with Crippen LogP contribution in [0, 0.1) is 5.92 Å². The van der Waals surface area contributed by atoms with Crippen molar-refractivity contribution < 1.29 is 14.0 Å². The monoisotopic (exact) mass is 326 g/mol. The smallest absolute Gasteiger partial charge is 0.333 e. The molecule has 1 saturated carbocycles. The molecule has 0 radical (unpaired) electrons. The average Bonchev–Trinajstić information content (AvgIpc) is 2.39. The van der Waals surface area contributed by atoms with E-state index in [4.69, 9.17) is 9.16 Å². The molecule has 0 aromatic rings. The molecule has 1 fully saturated rings. The third-order valence-corrected chi connectivity index (χ3v) is 9.60. The van der Waals surface area contributed by atoms with Crippen molar-refractivity contribution in [3.8, 4) is 0 Å². The van der Waals surface area contributed by atoms with Crippen molar-refractivity contribution in [3.63, 3.8) is 0 Å². The first-order valence-electron chi connectivity index (χ1n) is 8.60. The van der Waals surface area contributed by atoms with E-state index in [0.29, 0.717) is 18.6 Å². The molecule has 0 N–H and O–H groups in total. The molecule has 0 bridgehead atoms. The van der Waals surface area contributed by atoms with Crippen molar-refractivity contribution in [2.24, 2.45) is 5.92 Å². The lowest BCUT2D eigenvalue weighted by Crippen LogP contribution is -2.44. The van der Waals surface area contributed by atoms with Gasteiger partial charge in [0.15, 0.2) is 8.32 Å². The van der Waals surface area contributed by atoms with Gasteiger partial charge in [0.25, 0.3) is 0 Å². The third-order valence-electron chi connectivity index (χ3n) is 5.07. The second-order valence-electron chi connectivity index (χ2n) is 7.99. The van der Waals surface area contributed by atoms with E-state index >= 15 is 0 Å². The lowest BCUT2D eigenvalue weighted by molar-refractivity contribution is -0.138. The summed E-state index contributed by atoms with van der Waals surface area (Å²) in [4.78, 5) is 11.7. The molecule has 0 spiro atoms. The number of esters is 1. The molecular weight excluding hydrogens is 292 g/mol. The van der Waals surface area contributed by atoms with Crippen LogP contribution in [0.25, 0.3) is 0 Å². The van der Waals surface area contributed by atoms with Crippen LogP contribution >= 0.6 is 0 Å². The Morgan fingerprint density at radius 2 is 1.73 bits per heavy atom. The Morgan fingerprint density at radius 1 is 1.18 bits per heavy atom. The molecule has 1 aliphatic rings. The van der Waals surface area contributed by atoms with Gasteiger partial charge in [-0.05, 0) is 63.6 Å². The number of hydrogen-bond acceptors (Lipinski definition) is 3. The first-order chi connectivity index (χ1) is 10.1. The predicted octanol–water partition coefficient (Wildman–Crippen LogP) is 5.08. The summed E-state index contributed by atoms with van der Waals surface area (Å²) in [5.41, 5.74) is 0.746. The first-order valence-corrected chi connectivity index (χ1v) is 11.5. The Bertz CT molecular complexity index is 399. The van der Waals surface area contributed by atoms with E-state index in [2.05, 4.69) is 39.9 Å². The Hall–Kier alpha value is -0.613. The van der Waals surface area contributed by atoms with E-state index in [1.807, 2.05) is 13.8 Å². The summed E-state index contributed by atoms with van der Waals surface area (Å²) < 4.78 is 11.6. The Balaban J connectivity index is 2.50. The Kier molecular flexibility index (Phi) is 6.87. The summed E-state index contributed by atoms with van der Waals surface area (Å²) in [6, 6.07) is 0. The van der Waals surface area contributed by atoms with Crippen LogP contribution in [0.15, 0.2) is 11.6 Å². The van der Waals surface area contributed by atoms with Gasteiger partial charge in [-0.25, -0.2) is 4.79 Å². The van der Waals surface area contributed by atoms with E-state index in [9.17, 15) is 4.79 Å². The summed E-state index contributed by atoms with van der Waals surface area (Å²) in [5.74, 6) is 0.311. The summed E-state index contributed by atoms with van der Waals surface area (Å²) in [7, 11) is -1.66. The quantitative estimate of drug-likeness (QED) is 0.402. The van der Waals surface area contributed by atoms with Gasteiger partial charge in [0.05, 0.1) is 6.61 Å². The van der Waals surface area contributed by atoms with Crippen molar-refractivity contribution in [1.29, 1.82) is 0 Å². The topological polar surface area (TPSA) is 35.5 Å². The van der Waals surface area contributed by atoms with Gasteiger partial charge in [-0.2, -0.15) is 0 Å². The average molecular weight is 327 g/mol. The van der Waals surface area contributed by atoms with Crippen LogP contribution in [-0.4, -0.2) is 27.0 Å². The minimum atomic E-state index is -1.66. The van der Waals surface area contributed by atoms with E-state index in [-0.39, 0.29) is 11.0 Å².